The molecule has 0 fully saturated rings. The SMILES string of the molecule is CCCCOc1nc(C(F)(F)F)ccc1C=CC(=O)O. The first-order chi connectivity index (χ1) is 9.34. The van der Waals surface area contributed by atoms with Crippen LogP contribution in [-0.2, 0) is 11.0 Å². The van der Waals surface area contributed by atoms with Gasteiger partial charge in [-0.2, -0.15) is 13.2 Å². The smallest absolute Gasteiger partial charge is 0.433 e. The second-order valence-corrected chi connectivity index (χ2v) is 3.96. The van der Waals surface area contributed by atoms with Crippen LogP contribution in [-0.4, -0.2) is 22.7 Å². The fourth-order valence-electron chi connectivity index (χ4n) is 1.33. The summed E-state index contributed by atoms with van der Waals surface area (Å²) in [6, 6.07) is 1.92. The van der Waals surface area contributed by atoms with E-state index >= 15 is 0 Å². The number of rotatable bonds is 6. The Hall–Kier alpha value is -2.05. The number of aliphatic carboxylic acids is 1. The molecule has 0 spiro atoms. The first kappa shape index (κ1) is 16.0. The molecule has 20 heavy (non-hydrogen) atoms. The first-order valence-electron chi connectivity index (χ1n) is 5.96. The van der Waals surface area contributed by atoms with Crippen molar-refractivity contribution in [3.05, 3.63) is 29.5 Å². The van der Waals surface area contributed by atoms with Crippen molar-refractivity contribution in [2.24, 2.45) is 0 Å². The molecule has 0 unspecified atom stereocenters. The maximum atomic E-state index is 12.6. The van der Waals surface area contributed by atoms with E-state index in [1.54, 1.807) is 0 Å². The van der Waals surface area contributed by atoms with Gasteiger partial charge in [0.05, 0.1) is 6.61 Å². The second-order valence-electron chi connectivity index (χ2n) is 3.96. The Morgan fingerprint density at radius 3 is 2.70 bits per heavy atom. The lowest BCUT2D eigenvalue weighted by Gasteiger charge is -2.11. The molecule has 7 heteroatoms. The maximum Gasteiger partial charge on any atom is 0.433 e. The molecule has 1 aromatic rings. The summed E-state index contributed by atoms with van der Waals surface area (Å²) in [7, 11) is 0. The van der Waals surface area contributed by atoms with Crippen LogP contribution in [0.2, 0.25) is 0 Å². The lowest BCUT2D eigenvalue weighted by atomic mass is 10.2. The highest BCUT2D eigenvalue weighted by Crippen LogP contribution is 2.30. The van der Waals surface area contributed by atoms with Gasteiger partial charge in [0.2, 0.25) is 5.88 Å². The van der Waals surface area contributed by atoms with Crippen molar-refractivity contribution in [3.8, 4) is 5.88 Å². The molecular formula is C13H14F3NO3. The van der Waals surface area contributed by atoms with Crippen molar-refractivity contribution >= 4 is 12.0 Å². The van der Waals surface area contributed by atoms with Crippen molar-refractivity contribution in [2.45, 2.75) is 25.9 Å². The number of ether oxygens (including phenoxy) is 1. The van der Waals surface area contributed by atoms with E-state index in [9.17, 15) is 18.0 Å². The number of halogens is 3. The van der Waals surface area contributed by atoms with Gasteiger partial charge in [0, 0.05) is 11.6 Å². The van der Waals surface area contributed by atoms with Crippen LogP contribution in [0.5, 0.6) is 5.88 Å². The van der Waals surface area contributed by atoms with Gasteiger partial charge in [0.1, 0.15) is 5.69 Å². The summed E-state index contributed by atoms with van der Waals surface area (Å²) in [6.45, 7) is 2.13. The fourth-order valence-corrected chi connectivity index (χ4v) is 1.33. The van der Waals surface area contributed by atoms with Crippen LogP contribution in [0.25, 0.3) is 6.08 Å². The van der Waals surface area contributed by atoms with Crippen LogP contribution in [0.4, 0.5) is 13.2 Å². The summed E-state index contributed by atoms with van der Waals surface area (Å²) in [5.74, 6) is -1.42. The quantitative estimate of drug-likeness (QED) is 0.644. The van der Waals surface area contributed by atoms with Crippen LogP contribution in [0.1, 0.15) is 31.0 Å². The molecule has 0 saturated carbocycles. The van der Waals surface area contributed by atoms with Gasteiger partial charge in [0.15, 0.2) is 0 Å². The van der Waals surface area contributed by atoms with Crippen LogP contribution < -0.4 is 4.74 Å². The molecular weight excluding hydrogens is 275 g/mol. The zero-order valence-electron chi connectivity index (χ0n) is 10.8. The molecule has 0 amide bonds. The number of hydrogen-bond donors (Lipinski definition) is 1. The highest BCUT2D eigenvalue weighted by Gasteiger charge is 2.33. The summed E-state index contributed by atoms with van der Waals surface area (Å²) in [4.78, 5) is 13.8. The molecule has 0 bridgehead atoms. The number of unbranched alkanes of at least 4 members (excludes halogenated alkanes) is 1. The van der Waals surface area contributed by atoms with E-state index in [4.69, 9.17) is 9.84 Å². The average molecular weight is 289 g/mol. The minimum atomic E-state index is -4.57. The van der Waals surface area contributed by atoms with Gasteiger partial charge in [0.25, 0.3) is 0 Å². The van der Waals surface area contributed by atoms with Crippen LogP contribution in [0, 0.1) is 0 Å². The Kier molecular flexibility index (Phi) is 5.54. The first-order valence-corrected chi connectivity index (χ1v) is 5.96. The summed E-state index contributed by atoms with van der Waals surface area (Å²) in [5, 5.41) is 8.54. The Bertz CT molecular complexity index is 498. The van der Waals surface area contributed by atoms with E-state index in [1.807, 2.05) is 6.92 Å². The number of nitrogens with zero attached hydrogens (tertiary/aromatic N) is 1. The Labute approximate surface area is 113 Å². The predicted octanol–water partition coefficient (Wildman–Crippen LogP) is 3.38. The number of alkyl halides is 3. The van der Waals surface area contributed by atoms with E-state index in [-0.39, 0.29) is 18.1 Å². The van der Waals surface area contributed by atoms with E-state index in [2.05, 4.69) is 4.98 Å². The third-order valence-electron chi connectivity index (χ3n) is 2.32. The van der Waals surface area contributed by atoms with Crippen molar-refractivity contribution in [2.75, 3.05) is 6.61 Å². The molecule has 1 heterocycles. The molecule has 110 valence electrons. The molecule has 0 aromatic carbocycles. The molecule has 0 aliphatic heterocycles. The molecule has 1 aromatic heterocycles. The zero-order chi connectivity index (χ0) is 15.2. The third-order valence-corrected chi connectivity index (χ3v) is 2.32. The number of carbonyl (C=O) groups is 1. The lowest BCUT2D eigenvalue weighted by molar-refractivity contribution is -0.141. The minimum Gasteiger partial charge on any atom is -0.478 e. The predicted molar refractivity (Wildman–Crippen MR) is 66.3 cm³/mol. The number of pyridine rings is 1. The van der Waals surface area contributed by atoms with Crippen LogP contribution in [0.15, 0.2) is 18.2 Å². The molecule has 0 radical (unpaired) electrons. The van der Waals surface area contributed by atoms with Gasteiger partial charge >= 0.3 is 12.1 Å². The average Bonchev–Trinajstić information content (AvgIpc) is 2.36. The summed E-state index contributed by atoms with van der Waals surface area (Å²) in [6.07, 6.45) is -1.12. The topological polar surface area (TPSA) is 59.4 Å². The van der Waals surface area contributed by atoms with Gasteiger partial charge in [-0.15, -0.1) is 0 Å². The largest absolute Gasteiger partial charge is 0.478 e. The summed E-state index contributed by atoms with van der Waals surface area (Å²) in [5.41, 5.74) is -0.882. The highest BCUT2D eigenvalue weighted by atomic mass is 19.4. The highest BCUT2D eigenvalue weighted by molar-refractivity contribution is 5.85. The van der Waals surface area contributed by atoms with E-state index in [1.165, 1.54) is 0 Å². The Morgan fingerprint density at radius 2 is 2.15 bits per heavy atom. The van der Waals surface area contributed by atoms with Gasteiger partial charge in [-0.1, -0.05) is 13.3 Å². The normalized spacial score (nSPS) is 11.8. The molecule has 0 aliphatic carbocycles. The maximum absolute atomic E-state index is 12.6. The summed E-state index contributed by atoms with van der Waals surface area (Å²) < 4.78 is 42.9. The standard InChI is InChI=1S/C13H14F3NO3/c1-2-3-8-20-12-9(5-7-11(18)19)4-6-10(17-12)13(14,15)16/h4-7H,2-3,8H2,1H3,(H,18,19). The fraction of sp³-hybridized carbons (Fsp3) is 0.385. The molecule has 0 aliphatic rings. The minimum absolute atomic E-state index is 0.191. The third kappa shape index (κ3) is 4.91. The van der Waals surface area contributed by atoms with Crippen molar-refractivity contribution in [1.29, 1.82) is 0 Å². The molecule has 0 atom stereocenters. The number of hydrogen-bond acceptors (Lipinski definition) is 3. The van der Waals surface area contributed by atoms with Gasteiger partial charge in [-0.3, -0.25) is 0 Å². The molecule has 1 rings (SSSR count). The van der Waals surface area contributed by atoms with E-state index in [0.29, 0.717) is 6.42 Å². The molecule has 0 saturated heterocycles. The number of aromatic nitrogens is 1. The van der Waals surface area contributed by atoms with Gasteiger partial charge in [-0.05, 0) is 24.6 Å². The van der Waals surface area contributed by atoms with Gasteiger partial charge < -0.3 is 9.84 Å². The van der Waals surface area contributed by atoms with E-state index in [0.717, 1.165) is 30.7 Å². The summed E-state index contributed by atoms with van der Waals surface area (Å²) >= 11 is 0. The number of carboxylic acids is 1. The van der Waals surface area contributed by atoms with E-state index < -0.39 is 17.8 Å². The van der Waals surface area contributed by atoms with Gasteiger partial charge in [-0.25, -0.2) is 9.78 Å². The second kappa shape index (κ2) is 6.93. The molecule has 4 nitrogen and oxygen atoms in total. The zero-order valence-corrected chi connectivity index (χ0v) is 10.8. The van der Waals surface area contributed by atoms with Crippen LogP contribution in [0.3, 0.4) is 0 Å². The van der Waals surface area contributed by atoms with Crippen molar-refractivity contribution < 1.29 is 27.8 Å². The van der Waals surface area contributed by atoms with Crippen LogP contribution >= 0.6 is 0 Å². The van der Waals surface area contributed by atoms with Crippen molar-refractivity contribution in [3.63, 3.8) is 0 Å². The Morgan fingerprint density at radius 1 is 1.45 bits per heavy atom. The number of carboxylic acid groups (broad SMARTS) is 1. The van der Waals surface area contributed by atoms with Crippen molar-refractivity contribution in [1.82, 2.24) is 4.98 Å². The lowest BCUT2D eigenvalue weighted by Crippen LogP contribution is -2.10. The Balaban J connectivity index is 3.06. The monoisotopic (exact) mass is 289 g/mol. The molecule has 1 N–H and O–H groups in total.